The van der Waals surface area contributed by atoms with Gasteiger partial charge in [0.25, 0.3) is 15.9 Å². The number of ether oxygens (including phenoxy) is 2. The van der Waals surface area contributed by atoms with Gasteiger partial charge in [-0.1, -0.05) is 11.2 Å². The number of aromatic nitrogens is 1. The molecule has 2 saturated heterocycles. The second kappa shape index (κ2) is 10.2. The molecule has 0 bridgehead atoms. The van der Waals surface area contributed by atoms with Gasteiger partial charge < -0.3 is 28.7 Å². The number of anilines is 2. The topological polar surface area (TPSA) is 117 Å². The van der Waals surface area contributed by atoms with Gasteiger partial charge in [0.2, 0.25) is 0 Å². The Morgan fingerprint density at radius 1 is 1.12 bits per heavy atom. The van der Waals surface area contributed by atoms with E-state index >= 15 is 0 Å². The van der Waals surface area contributed by atoms with Crippen molar-refractivity contribution in [3.63, 3.8) is 0 Å². The number of methoxy groups -OCH3 is 2. The molecule has 2 aromatic carbocycles. The van der Waals surface area contributed by atoms with Crippen LogP contribution in [0.1, 0.15) is 47.2 Å². The van der Waals surface area contributed by atoms with E-state index in [0.717, 1.165) is 62.3 Å². The van der Waals surface area contributed by atoms with Gasteiger partial charge in [-0.05, 0) is 75.5 Å². The van der Waals surface area contributed by atoms with Crippen LogP contribution in [0.2, 0.25) is 0 Å². The Balaban J connectivity index is 1.22. The Kier molecular flexibility index (Phi) is 6.62. The largest absolute Gasteiger partial charge is 0.495 e. The van der Waals surface area contributed by atoms with E-state index < -0.39 is 10.0 Å². The average Bonchev–Trinajstić information content (AvgIpc) is 3.42. The quantitative estimate of drug-likeness (QED) is 0.409. The van der Waals surface area contributed by atoms with E-state index in [1.54, 1.807) is 11.9 Å². The molecule has 43 heavy (non-hydrogen) atoms. The highest BCUT2D eigenvalue weighted by Gasteiger charge is 2.51. The molecule has 11 nitrogen and oxygen atoms in total. The predicted octanol–water partition coefficient (Wildman–Crippen LogP) is 3.73. The van der Waals surface area contributed by atoms with Crippen LogP contribution in [-0.2, 0) is 21.9 Å². The van der Waals surface area contributed by atoms with Crippen molar-refractivity contribution in [1.82, 2.24) is 15.0 Å². The molecule has 1 amide bonds. The number of hydrogen-bond acceptors (Lipinski definition) is 9. The zero-order valence-electron chi connectivity index (χ0n) is 25.0. The van der Waals surface area contributed by atoms with Crippen LogP contribution in [-0.4, -0.2) is 89.8 Å². The van der Waals surface area contributed by atoms with E-state index in [2.05, 4.69) is 37.9 Å². The molecule has 0 radical (unpaired) electrons. The molecule has 3 aromatic rings. The van der Waals surface area contributed by atoms with E-state index in [4.69, 9.17) is 14.0 Å². The van der Waals surface area contributed by atoms with Crippen LogP contribution in [0, 0.1) is 0 Å². The summed E-state index contributed by atoms with van der Waals surface area (Å²) in [5, 5.41) is 4.21. The molecule has 1 saturated carbocycles. The first kappa shape index (κ1) is 28.0. The number of fused-ring (bicyclic) bond motifs is 4. The fraction of sp³-hybridized carbons (Fsp3) is 0.484. The molecule has 3 heterocycles. The third-order valence-electron chi connectivity index (χ3n) is 9.64. The van der Waals surface area contributed by atoms with Gasteiger partial charge in [-0.3, -0.25) is 9.52 Å². The van der Waals surface area contributed by atoms with E-state index in [0.29, 0.717) is 12.2 Å². The number of carbonyl (C=O) groups is 1. The van der Waals surface area contributed by atoms with Gasteiger partial charge in [-0.15, -0.1) is 0 Å². The zero-order chi connectivity index (χ0) is 30.1. The van der Waals surface area contributed by atoms with Crippen LogP contribution in [0.15, 0.2) is 39.8 Å². The number of likely N-dealkylation sites (tertiary alicyclic amines) is 1. The number of nitrogens with one attached hydrogen (secondary N) is 1. The smallest absolute Gasteiger partial charge is 0.270 e. The Morgan fingerprint density at radius 3 is 2.42 bits per heavy atom. The fourth-order valence-corrected chi connectivity index (χ4v) is 8.12. The van der Waals surface area contributed by atoms with Gasteiger partial charge >= 0.3 is 0 Å². The number of carbonyl (C=O) groups excluding carboxylic acids is 1. The SMILES string of the molecule is COc1cc(C(=O)N(C)[C@@H]2CCN(C)C2)cc(OC)c1S(=O)(=O)Nc1noc2c1CC1(CC1)c1ccc(N3CCC3)cc1-2. The van der Waals surface area contributed by atoms with E-state index in [-0.39, 0.29) is 45.1 Å². The summed E-state index contributed by atoms with van der Waals surface area (Å²) < 4.78 is 47.5. The summed E-state index contributed by atoms with van der Waals surface area (Å²) in [6, 6.07) is 9.52. The molecule has 1 aromatic heterocycles. The second-order valence-corrected chi connectivity index (χ2v) is 13.9. The molecule has 1 atom stereocenters. The number of nitrogens with zero attached hydrogens (tertiary/aromatic N) is 4. The summed E-state index contributed by atoms with van der Waals surface area (Å²) in [7, 11) is 2.28. The zero-order valence-corrected chi connectivity index (χ0v) is 25.8. The van der Waals surface area contributed by atoms with Crippen molar-refractivity contribution in [2.24, 2.45) is 0 Å². The summed E-state index contributed by atoms with van der Waals surface area (Å²) in [6.07, 6.45) is 4.75. The maximum atomic E-state index is 14.0. The summed E-state index contributed by atoms with van der Waals surface area (Å²) in [6.45, 7) is 3.75. The van der Waals surface area contributed by atoms with Gasteiger partial charge in [-0.25, -0.2) is 8.42 Å². The molecule has 2 aliphatic carbocycles. The molecule has 1 spiro atoms. The van der Waals surface area contributed by atoms with Crippen molar-refractivity contribution >= 4 is 27.4 Å². The summed E-state index contributed by atoms with van der Waals surface area (Å²) in [4.78, 5) is 19.4. The monoisotopic (exact) mass is 607 g/mol. The molecule has 12 heteroatoms. The number of sulfonamides is 1. The summed E-state index contributed by atoms with van der Waals surface area (Å²) >= 11 is 0. The van der Waals surface area contributed by atoms with Crippen LogP contribution in [0.25, 0.3) is 11.3 Å². The number of rotatable bonds is 8. The Bertz CT molecular complexity index is 1690. The molecular weight excluding hydrogens is 570 g/mol. The highest BCUT2D eigenvalue weighted by Crippen LogP contribution is 2.59. The first-order valence-corrected chi connectivity index (χ1v) is 16.3. The number of benzene rings is 2. The fourth-order valence-electron chi connectivity index (χ4n) is 6.79. The lowest BCUT2D eigenvalue weighted by molar-refractivity contribution is 0.0736. The Morgan fingerprint density at radius 2 is 1.84 bits per heavy atom. The molecule has 1 N–H and O–H groups in total. The van der Waals surface area contributed by atoms with Crippen LogP contribution in [0.4, 0.5) is 11.5 Å². The van der Waals surface area contributed by atoms with Crippen LogP contribution in [0.3, 0.4) is 0 Å². The van der Waals surface area contributed by atoms with Crippen molar-refractivity contribution in [1.29, 1.82) is 0 Å². The van der Waals surface area contributed by atoms with Crippen molar-refractivity contribution in [2.45, 2.75) is 48.5 Å². The molecule has 0 unspecified atom stereocenters. The highest BCUT2D eigenvalue weighted by atomic mass is 32.2. The average molecular weight is 608 g/mol. The van der Waals surface area contributed by atoms with E-state index in [1.165, 1.54) is 38.3 Å². The minimum absolute atomic E-state index is 0.00713. The minimum atomic E-state index is -4.26. The van der Waals surface area contributed by atoms with E-state index in [9.17, 15) is 13.2 Å². The normalized spacial score (nSPS) is 20.3. The highest BCUT2D eigenvalue weighted by molar-refractivity contribution is 7.93. The molecule has 2 aliphatic heterocycles. The van der Waals surface area contributed by atoms with Gasteiger partial charge in [0, 0.05) is 60.5 Å². The lowest BCUT2D eigenvalue weighted by Gasteiger charge is -2.34. The lowest BCUT2D eigenvalue weighted by Crippen LogP contribution is -2.38. The third-order valence-corrected chi connectivity index (χ3v) is 11.0. The Hall–Kier alpha value is -3.77. The second-order valence-electron chi connectivity index (χ2n) is 12.3. The number of amides is 1. The number of hydrogen-bond donors (Lipinski definition) is 1. The van der Waals surface area contributed by atoms with Crippen molar-refractivity contribution in [3.05, 3.63) is 47.0 Å². The van der Waals surface area contributed by atoms with Crippen LogP contribution >= 0.6 is 0 Å². The van der Waals surface area contributed by atoms with Gasteiger partial charge in [0.05, 0.1) is 14.2 Å². The third kappa shape index (κ3) is 4.62. The van der Waals surface area contributed by atoms with E-state index in [1.807, 2.05) is 7.05 Å². The molecule has 7 rings (SSSR count). The van der Waals surface area contributed by atoms with Gasteiger partial charge in [0.15, 0.2) is 16.5 Å². The standard InChI is InChI=1S/C31H37N5O6S/c1-34-13-8-21(18-34)35(2)30(37)19-14-25(40-3)28(26(15-19)41-4)43(38,39)33-29-23-17-31(9-10-31)24-7-6-20(36-11-5-12-36)16-22(24)27(23)42-32-29/h6-7,14-16,21H,5,8-13,17-18H2,1-4H3,(H,32,33)/t21-/m1/s1. The summed E-state index contributed by atoms with van der Waals surface area (Å²) in [5.74, 6) is 0.550. The predicted molar refractivity (Wildman–Crippen MR) is 162 cm³/mol. The van der Waals surface area contributed by atoms with Crippen LogP contribution < -0.4 is 19.1 Å². The molecule has 3 fully saturated rings. The molecule has 228 valence electrons. The van der Waals surface area contributed by atoms with Crippen molar-refractivity contribution in [2.75, 3.05) is 64.1 Å². The first-order chi connectivity index (χ1) is 20.6. The number of likely N-dealkylation sites (N-methyl/N-ethyl adjacent to an activating group) is 2. The minimum Gasteiger partial charge on any atom is -0.495 e. The Labute approximate surface area is 251 Å². The summed E-state index contributed by atoms with van der Waals surface area (Å²) in [5.41, 5.74) is 4.38. The lowest BCUT2D eigenvalue weighted by atomic mass is 9.79. The van der Waals surface area contributed by atoms with Gasteiger partial charge in [0.1, 0.15) is 11.5 Å². The van der Waals surface area contributed by atoms with Gasteiger partial charge in [-0.2, -0.15) is 0 Å². The molecule has 4 aliphatic rings. The van der Waals surface area contributed by atoms with Crippen LogP contribution in [0.5, 0.6) is 11.5 Å². The first-order valence-electron chi connectivity index (χ1n) is 14.8. The maximum absolute atomic E-state index is 14.0. The maximum Gasteiger partial charge on any atom is 0.270 e. The van der Waals surface area contributed by atoms with Crippen molar-refractivity contribution in [3.8, 4) is 22.8 Å². The molecular formula is C31H37N5O6S. The van der Waals surface area contributed by atoms with Crippen molar-refractivity contribution < 1.29 is 27.2 Å².